The third-order valence-electron chi connectivity index (χ3n) is 5.56. The maximum atomic E-state index is 3.77. The summed E-state index contributed by atoms with van der Waals surface area (Å²) in [5.74, 6) is 0.783. The van der Waals surface area contributed by atoms with E-state index in [4.69, 9.17) is 0 Å². The van der Waals surface area contributed by atoms with Crippen LogP contribution in [0.3, 0.4) is 0 Å². The largest absolute Gasteiger partial charge is 0.371 e. The molecule has 1 aliphatic heterocycles. The zero-order chi connectivity index (χ0) is 14.9. The Kier molecular flexibility index (Phi) is 4.26. The minimum absolute atomic E-state index is 0.440. The van der Waals surface area contributed by atoms with Gasteiger partial charge in [0.05, 0.1) is 0 Å². The van der Waals surface area contributed by atoms with Gasteiger partial charge in [-0.25, -0.2) is 0 Å². The van der Waals surface area contributed by atoms with Crippen molar-refractivity contribution in [2.45, 2.75) is 52.5 Å². The molecule has 1 N–H and O–H groups in total. The SMILES string of the molecule is CCNC1C(CN2CCCc3ccccc32)CCC1(C)C. The number of hydrogen-bond acceptors (Lipinski definition) is 2. The Hall–Kier alpha value is -1.02. The van der Waals surface area contributed by atoms with E-state index in [-0.39, 0.29) is 0 Å². The van der Waals surface area contributed by atoms with Crippen LogP contribution in [-0.4, -0.2) is 25.7 Å². The van der Waals surface area contributed by atoms with Gasteiger partial charge in [0.1, 0.15) is 0 Å². The first-order chi connectivity index (χ1) is 10.1. The van der Waals surface area contributed by atoms with Crippen LogP contribution in [0.5, 0.6) is 0 Å². The van der Waals surface area contributed by atoms with Crippen molar-refractivity contribution >= 4 is 5.69 Å². The fourth-order valence-electron chi connectivity index (χ4n) is 4.46. The van der Waals surface area contributed by atoms with E-state index in [2.05, 4.69) is 55.3 Å². The second-order valence-electron chi connectivity index (χ2n) is 7.50. The van der Waals surface area contributed by atoms with Gasteiger partial charge in [0, 0.05) is 24.8 Å². The predicted octanol–water partition coefficient (Wildman–Crippen LogP) is 3.85. The third kappa shape index (κ3) is 2.96. The Morgan fingerprint density at radius 1 is 1.29 bits per heavy atom. The van der Waals surface area contributed by atoms with Crippen LogP contribution < -0.4 is 10.2 Å². The molecule has 3 rings (SSSR count). The molecule has 1 aromatic carbocycles. The van der Waals surface area contributed by atoms with Gasteiger partial charge >= 0.3 is 0 Å². The number of aryl methyl sites for hydroxylation is 1. The second kappa shape index (κ2) is 6.00. The van der Waals surface area contributed by atoms with Gasteiger partial charge in [-0.3, -0.25) is 0 Å². The molecule has 0 bridgehead atoms. The van der Waals surface area contributed by atoms with Crippen LogP contribution in [0.15, 0.2) is 24.3 Å². The van der Waals surface area contributed by atoms with Crippen LogP contribution in [0.4, 0.5) is 5.69 Å². The van der Waals surface area contributed by atoms with Gasteiger partial charge in [-0.1, -0.05) is 39.0 Å². The molecule has 21 heavy (non-hydrogen) atoms. The molecule has 0 saturated heterocycles. The molecule has 0 spiro atoms. The van der Waals surface area contributed by atoms with Gasteiger partial charge in [0.2, 0.25) is 0 Å². The van der Waals surface area contributed by atoms with Gasteiger partial charge in [0.15, 0.2) is 0 Å². The summed E-state index contributed by atoms with van der Waals surface area (Å²) in [6.45, 7) is 10.6. The van der Waals surface area contributed by atoms with E-state index in [1.165, 1.54) is 44.5 Å². The Balaban J connectivity index is 1.75. The van der Waals surface area contributed by atoms with E-state index in [9.17, 15) is 0 Å². The smallest absolute Gasteiger partial charge is 0.0398 e. The monoisotopic (exact) mass is 286 g/mol. The minimum Gasteiger partial charge on any atom is -0.371 e. The van der Waals surface area contributed by atoms with Gasteiger partial charge in [-0.2, -0.15) is 0 Å². The molecule has 2 aliphatic rings. The van der Waals surface area contributed by atoms with E-state index in [1.807, 2.05) is 0 Å². The van der Waals surface area contributed by atoms with Crippen molar-refractivity contribution in [2.24, 2.45) is 11.3 Å². The maximum absolute atomic E-state index is 3.77. The summed E-state index contributed by atoms with van der Waals surface area (Å²) < 4.78 is 0. The molecule has 1 heterocycles. The van der Waals surface area contributed by atoms with Crippen molar-refractivity contribution < 1.29 is 0 Å². The number of nitrogens with one attached hydrogen (secondary N) is 1. The first-order valence-corrected chi connectivity index (χ1v) is 8.68. The molecule has 116 valence electrons. The van der Waals surface area contributed by atoms with Gasteiger partial charge in [-0.15, -0.1) is 0 Å². The summed E-state index contributed by atoms with van der Waals surface area (Å²) in [6.07, 6.45) is 5.27. The average molecular weight is 286 g/mol. The van der Waals surface area contributed by atoms with Crippen molar-refractivity contribution in [3.63, 3.8) is 0 Å². The Morgan fingerprint density at radius 3 is 2.90 bits per heavy atom. The van der Waals surface area contributed by atoms with Crippen molar-refractivity contribution in [1.82, 2.24) is 5.32 Å². The molecule has 2 heteroatoms. The molecule has 2 atom stereocenters. The Labute approximate surface area is 129 Å². The lowest BCUT2D eigenvalue weighted by molar-refractivity contribution is 0.252. The number of fused-ring (bicyclic) bond motifs is 1. The van der Waals surface area contributed by atoms with E-state index in [0.717, 1.165) is 12.5 Å². The maximum Gasteiger partial charge on any atom is 0.0398 e. The zero-order valence-corrected chi connectivity index (χ0v) is 13.9. The van der Waals surface area contributed by atoms with Crippen LogP contribution in [0, 0.1) is 11.3 Å². The van der Waals surface area contributed by atoms with Gasteiger partial charge in [-0.05, 0) is 55.2 Å². The van der Waals surface area contributed by atoms with Crippen molar-refractivity contribution in [3.05, 3.63) is 29.8 Å². The molecule has 0 amide bonds. The topological polar surface area (TPSA) is 15.3 Å². The molecule has 1 saturated carbocycles. The lowest BCUT2D eigenvalue weighted by Crippen LogP contribution is -2.46. The lowest BCUT2D eigenvalue weighted by atomic mass is 9.84. The van der Waals surface area contributed by atoms with Crippen LogP contribution in [0.1, 0.15) is 45.6 Å². The summed E-state index contributed by atoms with van der Waals surface area (Å²) in [6, 6.07) is 9.66. The standard InChI is InChI=1S/C19H30N2/c1-4-20-18-16(11-12-19(18,2)3)14-21-13-7-9-15-8-5-6-10-17(15)21/h5-6,8,10,16,18,20H,4,7,9,11-14H2,1-3H3. The van der Waals surface area contributed by atoms with Crippen molar-refractivity contribution in [2.75, 3.05) is 24.5 Å². The van der Waals surface area contributed by atoms with Crippen LogP contribution in [0.25, 0.3) is 0 Å². The molecular formula is C19H30N2. The summed E-state index contributed by atoms with van der Waals surface area (Å²) in [4.78, 5) is 2.65. The number of hydrogen-bond donors (Lipinski definition) is 1. The highest BCUT2D eigenvalue weighted by Gasteiger charge is 2.42. The lowest BCUT2D eigenvalue weighted by Gasteiger charge is -2.37. The molecule has 0 radical (unpaired) electrons. The van der Waals surface area contributed by atoms with Gasteiger partial charge < -0.3 is 10.2 Å². The van der Waals surface area contributed by atoms with E-state index < -0.39 is 0 Å². The number of anilines is 1. The van der Waals surface area contributed by atoms with Gasteiger partial charge in [0.25, 0.3) is 0 Å². The molecule has 2 nitrogen and oxygen atoms in total. The quantitative estimate of drug-likeness (QED) is 0.904. The van der Waals surface area contributed by atoms with E-state index in [1.54, 1.807) is 5.56 Å². The molecule has 1 fully saturated rings. The highest BCUT2D eigenvalue weighted by molar-refractivity contribution is 5.55. The van der Waals surface area contributed by atoms with Crippen molar-refractivity contribution in [3.8, 4) is 0 Å². The molecular weight excluding hydrogens is 256 g/mol. The van der Waals surface area contributed by atoms with Crippen LogP contribution in [-0.2, 0) is 6.42 Å². The number of benzene rings is 1. The second-order valence-corrected chi connectivity index (χ2v) is 7.50. The van der Waals surface area contributed by atoms with Crippen LogP contribution >= 0.6 is 0 Å². The molecule has 0 aromatic heterocycles. The Morgan fingerprint density at radius 2 is 2.10 bits per heavy atom. The zero-order valence-electron chi connectivity index (χ0n) is 13.9. The molecule has 2 unspecified atom stereocenters. The first kappa shape index (κ1) is 14.9. The summed E-state index contributed by atoms with van der Waals surface area (Å²) >= 11 is 0. The molecule has 1 aromatic rings. The fraction of sp³-hybridized carbons (Fsp3) is 0.684. The van der Waals surface area contributed by atoms with E-state index >= 15 is 0 Å². The normalized spacial score (nSPS) is 27.7. The average Bonchev–Trinajstić information content (AvgIpc) is 2.76. The van der Waals surface area contributed by atoms with Crippen molar-refractivity contribution in [1.29, 1.82) is 0 Å². The summed E-state index contributed by atoms with van der Waals surface area (Å²) in [5, 5.41) is 3.77. The number of rotatable bonds is 4. The highest BCUT2D eigenvalue weighted by Crippen LogP contribution is 2.42. The molecule has 1 aliphatic carbocycles. The Bertz CT molecular complexity index is 480. The number of para-hydroxylation sites is 1. The van der Waals surface area contributed by atoms with Crippen LogP contribution in [0.2, 0.25) is 0 Å². The highest BCUT2D eigenvalue weighted by atomic mass is 15.1. The minimum atomic E-state index is 0.440. The number of nitrogens with zero attached hydrogens (tertiary/aromatic N) is 1. The predicted molar refractivity (Wildman–Crippen MR) is 90.9 cm³/mol. The summed E-state index contributed by atoms with van der Waals surface area (Å²) in [5.41, 5.74) is 3.47. The first-order valence-electron chi connectivity index (χ1n) is 8.68. The summed E-state index contributed by atoms with van der Waals surface area (Å²) in [7, 11) is 0. The third-order valence-corrected chi connectivity index (χ3v) is 5.56. The fourth-order valence-corrected chi connectivity index (χ4v) is 4.46. The van der Waals surface area contributed by atoms with E-state index in [0.29, 0.717) is 11.5 Å².